The van der Waals surface area contributed by atoms with Gasteiger partial charge in [0.25, 0.3) is 0 Å². The smallest absolute Gasteiger partial charge is 0.471 e. The van der Waals surface area contributed by atoms with Crippen LogP contribution in [0.4, 0.5) is 13.2 Å². The highest BCUT2D eigenvalue weighted by molar-refractivity contribution is 5.82. The third kappa shape index (κ3) is 5.27. The molecule has 0 aliphatic rings. The van der Waals surface area contributed by atoms with Crippen molar-refractivity contribution in [3.05, 3.63) is 89.0 Å². The predicted molar refractivity (Wildman–Crippen MR) is 129 cm³/mol. The monoisotopic (exact) mass is 498 g/mol. The lowest BCUT2D eigenvalue weighted by Crippen LogP contribution is -2.49. The molecule has 4 rings (SSSR count). The molecule has 4 aromatic rings. The maximum atomic E-state index is 13.0. The van der Waals surface area contributed by atoms with E-state index in [4.69, 9.17) is 4.74 Å². The lowest BCUT2D eigenvalue weighted by Gasteiger charge is -2.32. The summed E-state index contributed by atoms with van der Waals surface area (Å²) in [6, 6.07) is 16.2. The first-order valence-electron chi connectivity index (χ1n) is 11.3. The van der Waals surface area contributed by atoms with E-state index in [2.05, 4.69) is 10.4 Å². The van der Waals surface area contributed by atoms with Gasteiger partial charge >= 0.3 is 12.1 Å². The number of aromatic nitrogens is 3. The summed E-state index contributed by atoms with van der Waals surface area (Å²) in [5.41, 5.74) is 1.93. The van der Waals surface area contributed by atoms with E-state index in [0.29, 0.717) is 17.0 Å². The third-order valence-electron chi connectivity index (χ3n) is 5.85. The lowest BCUT2D eigenvalue weighted by atomic mass is 9.93. The molecule has 188 valence electrons. The zero-order valence-electron chi connectivity index (χ0n) is 19.9. The van der Waals surface area contributed by atoms with Crippen molar-refractivity contribution in [2.24, 2.45) is 13.0 Å². The van der Waals surface area contributed by atoms with E-state index in [-0.39, 0.29) is 11.5 Å². The number of carbonyl (C=O) groups excluding carboxylic acids is 1. The van der Waals surface area contributed by atoms with Crippen molar-refractivity contribution in [1.29, 1.82) is 0 Å². The third-order valence-corrected chi connectivity index (χ3v) is 5.85. The second-order valence-electron chi connectivity index (χ2n) is 8.80. The van der Waals surface area contributed by atoms with Crippen molar-refractivity contribution in [3.8, 4) is 11.4 Å². The molecule has 0 unspecified atom stereocenters. The molecule has 1 amide bonds. The number of carbonyl (C=O) groups is 1. The Morgan fingerprint density at radius 2 is 1.78 bits per heavy atom. The van der Waals surface area contributed by atoms with E-state index in [0.717, 1.165) is 10.9 Å². The quantitative estimate of drug-likeness (QED) is 0.406. The number of fused-ring (bicyclic) bond motifs is 1. The van der Waals surface area contributed by atoms with Gasteiger partial charge in [0.05, 0.1) is 23.4 Å². The van der Waals surface area contributed by atoms with Crippen molar-refractivity contribution >= 4 is 16.8 Å². The minimum atomic E-state index is -5.01. The van der Waals surface area contributed by atoms with Gasteiger partial charge in [0.15, 0.2) is 0 Å². The van der Waals surface area contributed by atoms with Crippen LogP contribution < -0.4 is 15.6 Å². The largest absolute Gasteiger partial charge is 0.484 e. The molecule has 0 bridgehead atoms. The Bertz CT molecular complexity index is 1430. The number of rotatable bonds is 7. The van der Waals surface area contributed by atoms with Crippen molar-refractivity contribution in [2.75, 3.05) is 0 Å². The maximum Gasteiger partial charge on any atom is 0.471 e. The first-order chi connectivity index (χ1) is 17.0. The van der Waals surface area contributed by atoms with Gasteiger partial charge in [-0.25, -0.2) is 4.68 Å². The summed E-state index contributed by atoms with van der Waals surface area (Å²) in [5, 5.41) is 7.25. The summed E-state index contributed by atoms with van der Waals surface area (Å²) in [4.78, 5) is 23.5. The summed E-state index contributed by atoms with van der Waals surface area (Å²) in [7, 11) is 1.65. The molecule has 0 aliphatic carbocycles. The van der Waals surface area contributed by atoms with Gasteiger partial charge in [0, 0.05) is 24.7 Å². The second-order valence-corrected chi connectivity index (χ2v) is 8.80. The van der Waals surface area contributed by atoms with E-state index in [1.807, 2.05) is 0 Å². The highest BCUT2D eigenvalue weighted by Gasteiger charge is 2.42. The minimum absolute atomic E-state index is 0.143. The van der Waals surface area contributed by atoms with Crippen molar-refractivity contribution < 1.29 is 22.7 Å². The number of amides is 1. The number of aryl methyl sites for hydroxylation is 1. The topological polar surface area (TPSA) is 78.2 Å². The molecule has 0 radical (unpaired) electrons. The first-order valence-corrected chi connectivity index (χ1v) is 11.3. The molecular formula is C26H25F3N4O3. The number of ether oxygens (including phenoxy) is 1. The Balaban J connectivity index is 1.69. The highest BCUT2D eigenvalue weighted by atomic mass is 19.4. The summed E-state index contributed by atoms with van der Waals surface area (Å²) >= 11 is 0. The molecule has 1 N–H and O–H groups in total. The van der Waals surface area contributed by atoms with Crippen LogP contribution in [0.5, 0.6) is 5.75 Å². The number of nitrogens with zero attached hydrogens (tertiary/aromatic N) is 3. The van der Waals surface area contributed by atoms with Gasteiger partial charge in [-0.1, -0.05) is 44.2 Å². The normalized spacial score (nSPS) is 13.5. The van der Waals surface area contributed by atoms with Gasteiger partial charge in [0.1, 0.15) is 11.9 Å². The lowest BCUT2D eigenvalue weighted by molar-refractivity contribution is -0.175. The Hall–Kier alpha value is -4.08. The van der Waals surface area contributed by atoms with E-state index in [1.54, 1.807) is 92.6 Å². The molecule has 2 aromatic carbocycles. The molecule has 2 heterocycles. The Kier molecular flexibility index (Phi) is 6.87. The molecule has 0 saturated carbocycles. The van der Waals surface area contributed by atoms with Gasteiger partial charge < -0.3 is 14.6 Å². The molecule has 0 fully saturated rings. The van der Waals surface area contributed by atoms with Crippen LogP contribution in [0.15, 0.2) is 77.9 Å². The maximum absolute atomic E-state index is 13.0. The fourth-order valence-corrected chi connectivity index (χ4v) is 3.96. The van der Waals surface area contributed by atoms with E-state index in [9.17, 15) is 22.8 Å². The van der Waals surface area contributed by atoms with E-state index >= 15 is 0 Å². The zero-order chi connectivity index (χ0) is 26.0. The van der Waals surface area contributed by atoms with Gasteiger partial charge in [-0.3, -0.25) is 9.59 Å². The number of nitrogens with one attached hydrogen (secondary N) is 1. The number of benzene rings is 2. The molecular weight excluding hydrogens is 473 g/mol. The number of pyridine rings is 1. The van der Waals surface area contributed by atoms with Crippen LogP contribution in [0, 0.1) is 5.92 Å². The summed E-state index contributed by atoms with van der Waals surface area (Å²) in [5.74, 6) is -1.97. The average molecular weight is 499 g/mol. The molecule has 0 aliphatic heterocycles. The Morgan fingerprint density at radius 3 is 2.42 bits per heavy atom. The molecule has 0 saturated heterocycles. The van der Waals surface area contributed by atoms with Crippen LogP contribution in [0.25, 0.3) is 16.6 Å². The zero-order valence-corrected chi connectivity index (χ0v) is 19.9. The van der Waals surface area contributed by atoms with Crippen LogP contribution in [0.3, 0.4) is 0 Å². The van der Waals surface area contributed by atoms with Crippen LogP contribution in [0.2, 0.25) is 0 Å². The highest BCUT2D eigenvalue weighted by Crippen LogP contribution is 2.31. The molecule has 10 heteroatoms. The van der Waals surface area contributed by atoms with Crippen LogP contribution in [-0.4, -0.2) is 32.5 Å². The van der Waals surface area contributed by atoms with Gasteiger partial charge in [-0.2, -0.15) is 18.3 Å². The summed E-state index contributed by atoms with van der Waals surface area (Å²) in [6.45, 7) is 3.45. The first kappa shape index (κ1) is 25.0. The van der Waals surface area contributed by atoms with Crippen LogP contribution >= 0.6 is 0 Å². The van der Waals surface area contributed by atoms with E-state index < -0.39 is 24.2 Å². The van der Waals surface area contributed by atoms with Crippen molar-refractivity contribution in [2.45, 2.75) is 32.2 Å². The number of alkyl halides is 3. The SMILES string of the molecule is CC(C)[C@H](NC(=O)C(F)(F)F)[C@H](Oc1ccc2c(cnn2-c2ccc(=O)n(C)c2)c1)c1ccccc1. The van der Waals surface area contributed by atoms with Crippen LogP contribution in [0.1, 0.15) is 25.5 Å². The molecule has 2 aromatic heterocycles. The van der Waals surface area contributed by atoms with Crippen LogP contribution in [-0.2, 0) is 11.8 Å². The second kappa shape index (κ2) is 9.88. The van der Waals surface area contributed by atoms with Crippen molar-refractivity contribution in [1.82, 2.24) is 19.7 Å². The number of halogens is 3. The van der Waals surface area contributed by atoms with Gasteiger partial charge in [-0.05, 0) is 35.7 Å². The average Bonchev–Trinajstić information content (AvgIpc) is 3.26. The predicted octanol–water partition coefficient (Wildman–Crippen LogP) is 4.55. The van der Waals surface area contributed by atoms with E-state index in [1.165, 1.54) is 10.6 Å². The Morgan fingerprint density at radius 1 is 1.06 bits per heavy atom. The summed E-state index contributed by atoms with van der Waals surface area (Å²) < 4.78 is 48.5. The molecule has 0 spiro atoms. The summed E-state index contributed by atoms with van der Waals surface area (Å²) in [6.07, 6.45) is -2.59. The molecule has 36 heavy (non-hydrogen) atoms. The number of hydrogen-bond donors (Lipinski definition) is 1. The number of hydrogen-bond acceptors (Lipinski definition) is 4. The van der Waals surface area contributed by atoms with Gasteiger partial charge in [0.2, 0.25) is 5.56 Å². The van der Waals surface area contributed by atoms with Gasteiger partial charge in [-0.15, -0.1) is 0 Å². The standard InChI is InChI=1S/C26H25F3N4O3/c1-16(2)23(31-25(35)26(27,28)29)24(17-7-5-4-6-8-17)36-20-10-11-21-18(13-20)14-30-33(21)19-9-12-22(34)32(3)15-19/h4-16,23-24H,1-3H3,(H,31,35)/t23-,24+/m0/s1. The fraction of sp³-hybridized carbons (Fsp3) is 0.269. The minimum Gasteiger partial charge on any atom is -0.484 e. The molecule has 2 atom stereocenters. The molecule has 7 nitrogen and oxygen atoms in total. The fourth-order valence-electron chi connectivity index (χ4n) is 3.96. The van der Waals surface area contributed by atoms with Crippen molar-refractivity contribution in [3.63, 3.8) is 0 Å². The Labute approximate surface area is 205 Å².